The van der Waals surface area contributed by atoms with Crippen LogP contribution in [0.2, 0.25) is 0 Å². The number of aliphatic hydroxyl groups excluding tert-OH is 2. The molecule has 0 aromatic carbocycles. The van der Waals surface area contributed by atoms with E-state index < -0.39 is 0 Å². The Morgan fingerprint density at radius 2 is 1.33 bits per heavy atom. The Bertz CT molecular complexity index is 21.8. The second kappa shape index (κ2) is 64.4. The van der Waals surface area contributed by atoms with Crippen molar-refractivity contribution in [2.75, 3.05) is 20.3 Å². The van der Waals surface area contributed by atoms with Crippen LogP contribution in [-0.4, -0.2) is 30.5 Å². The summed E-state index contributed by atoms with van der Waals surface area (Å²) in [5.74, 6) is 0. The average Bonchev–Trinajstić information content (AvgIpc) is 1.72. The van der Waals surface area contributed by atoms with E-state index in [1.807, 2.05) is 0 Å². The molecular formula is C3H11Cl2MnNO2. The monoisotopic (exact) mass is 218 g/mol. The topological polar surface area (TPSA) is 66.5 Å². The van der Waals surface area contributed by atoms with E-state index in [2.05, 4.69) is 0 Å². The first-order valence-electron chi connectivity index (χ1n) is 1.67. The molecule has 0 amide bonds. The zero-order chi connectivity index (χ0) is 5.41. The molecule has 0 rings (SSSR count). The standard InChI is InChI=1S/C2H7NO.CH4O.2ClH.Mn/c3-1-2-4;1-2;;;/h4H,1-3H2;2H,1H3;2*1H;/q;;;;+2/p-2. The summed E-state index contributed by atoms with van der Waals surface area (Å²) < 4.78 is 0. The number of rotatable bonds is 1. The van der Waals surface area contributed by atoms with Gasteiger partial charge in [0.15, 0.2) is 0 Å². The summed E-state index contributed by atoms with van der Waals surface area (Å²) in [7, 11) is 1.00. The van der Waals surface area contributed by atoms with Gasteiger partial charge in [-0.1, -0.05) is 0 Å². The van der Waals surface area contributed by atoms with Crippen LogP contribution in [0.25, 0.3) is 0 Å². The molecule has 1 radical (unpaired) electrons. The molecule has 0 heterocycles. The van der Waals surface area contributed by atoms with Gasteiger partial charge in [-0.3, -0.25) is 0 Å². The van der Waals surface area contributed by atoms with Crippen molar-refractivity contribution >= 4 is 0 Å². The Labute approximate surface area is 78.3 Å². The molecule has 4 N–H and O–H groups in total. The van der Waals surface area contributed by atoms with Crippen LogP contribution in [-0.2, 0) is 17.1 Å². The summed E-state index contributed by atoms with van der Waals surface area (Å²) in [6, 6.07) is 0. The molecule has 0 aliphatic rings. The van der Waals surface area contributed by atoms with E-state index in [1.54, 1.807) is 0 Å². The summed E-state index contributed by atoms with van der Waals surface area (Å²) in [6.07, 6.45) is 0. The third-order valence-corrected chi connectivity index (χ3v) is 0.129. The molecule has 61 valence electrons. The fourth-order valence-corrected chi connectivity index (χ4v) is 0. The van der Waals surface area contributed by atoms with E-state index in [9.17, 15) is 0 Å². The number of halogens is 2. The smallest absolute Gasteiger partial charge is 1.00 e. The van der Waals surface area contributed by atoms with E-state index in [4.69, 9.17) is 15.9 Å². The normalized spacial score (nSPS) is 4.00. The number of nitrogens with two attached hydrogens (primary N) is 1. The zero-order valence-electron chi connectivity index (χ0n) is 5.02. The minimum Gasteiger partial charge on any atom is -1.00 e. The second-order valence-corrected chi connectivity index (χ2v) is 0.512. The number of hydrogen-bond acceptors (Lipinski definition) is 3. The summed E-state index contributed by atoms with van der Waals surface area (Å²) >= 11 is 0. The van der Waals surface area contributed by atoms with Gasteiger partial charge in [0, 0.05) is 13.7 Å². The van der Waals surface area contributed by atoms with Crippen molar-refractivity contribution in [3.8, 4) is 0 Å². The van der Waals surface area contributed by atoms with Gasteiger partial charge in [-0.2, -0.15) is 0 Å². The molecule has 0 unspecified atom stereocenters. The summed E-state index contributed by atoms with van der Waals surface area (Å²) in [5.41, 5.74) is 4.78. The van der Waals surface area contributed by atoms with Crippen molar-refractivity contribution in [2.45, 2.75) is 0 Å². The van der Waals surface area contributed by atoms with Crippen LogP contribution in [0, 0.1) is 0 Å². The summed E-state index contributed by atoms with van der Waals surface area (Å²) in [5, 5.41) is 14.8. The van der Waals surface area contributed by atoms with Crippen LogP contribution >= 0.6 is 0 Å². The first-order chi connectivity index (χ1) is 2.91. The molecule has 9 heavy (non-hydrogen) atoms. The van der Waals surface area contributed by atoms with Crippen LogP contribution in [0.4, 0.5) is 0 Å². The average molecular weight is 219 g/mol. The molecule has 0 atom stereocenters. The maximum atomic E-state index is 7.75. The first-order valence-corrected chi connectivity index (χ1v) is 1.67. The molecule has 0 saturated heterocycles. The van der Waals surface area contributed by atoms with Crippen molar-refractivity contribution < 1.29 is 52.1 Å². The number of aliphatic hydroxyl groups is 2. The largest absolute Gasteiger partial charge is 2.00 e. The Morgan fingerprint density at radius 3 is 1.33 bits per heavy atom. The van der Waals surface area contributed by atoms with Gasteiger partial charge in [0.25, 0.3) is 0 Å². The maximum Gasteiger partial charge on any atom is 2.00 e. The van der Waals surface area contributed by atoms with Crippen molar-refractivity contribution in [2.24, 2.45) is 5.73 Å². The first kappa shape index (κ1) is 32.5. The van der Waals surface area contributed by atoms with Gasteiger partial charge < -0.3 is 40.8 Å². The Balaban J connectivity index is -0.00000000990. The third-order valence-electron chi connectivity index (χ3n) is 0.129. The van der Waals surface area contributed by atoms with Gasteiger partial charge in [0.1, 0.15) is 0 Å². The van der Waals surface area contributed by atoms with Crippen LogP contribution < -0.4 is 30.5 Å². The van der Waals surface area contributed by atoms with E-state index in [0.717, 1.165) is 7.11 Å². The maximum absolute atomic E-state index is 7.75. The molecule has 0 aromatic rings. The molecule has 0 aromatic heterocycles. The predicted molar refractivity (Wildman–Crippen MR) is 24.3 cm³/mol. The van der Waals surface area contributed by atoms with Gasteiger partial charge >= 0.3 is 17.1 Å². The van der Waals surface area contributed by atoms with Crippen LogP contribution in [0.5, 0.6) is 0 Å². The predicted octanol–water partition coefficient (Wildman–Crippen LogP) is -7.45. The molecule has 0 fully saturated rings. The minimum absolute atomic E-state index is 0. The Morgan fingerprint density at radius 1 is 1.22 bits per heavy atom. The van der Waals surface area contributed by atoms with Crippen molar-refractivity contribution in [3.05, 3.63) is 0 Å². The van der Waals surface area contributed by atoms with Gasteiger partial charge in [-0.15, -0.1) is 0 Å². The van der Waals surface area contributed by atoms with Crippen molar-refractivity contribution in [1.82, 2.24) is 0 Å². The Hall–Kier alpha value is 0.979. The summed E-state index contributed by atoms with van der Waals surface area (Å²) in [4.78, 5) is 0. The van der Waals surface area contributed by atoms with E-state index in [1.165, 1.54) is 0 Å². The van der Waals surface area contributed by atoms with Crippen molar-refractivity contribution in [1.29, 1.82) is 0 Å². The van der Waals surface area contributed by atoms with Crippen molar-refractivity contribution in [3.63, 3.8) is 0 Å². The molecule has 0 saturated carbocycles. The van der Waals surface area contributed by atoms with E-state index >= 15 is 0 Å². The molecule has 3 nitrogen and oxygen atoms in total. The van der Waals surface area contributed by atoms with E-state index in [-0.39, 0.29) is 48.5 Å². The van der Waals surface area contributed by atoms with Gasteiger partial charge in [0.05, 0.1) is 6.61 Å². The molecule has 0 aliphatic carbocycles. The van der Waals surface area contributed by atoms with Crippen LogP contribution in [0.1, 0.15) is 0 Å². The number of hydrogen-bond donors (Lipinski definition) is 3. The Kier molecular flexibility index (Phi) is 232. The third kappa shape index (κ3) is 112. The second-order valence-electron chi connectivity index (χ2n) is 0.512. The molecule has 0 spiro atoms. The summed E-state index contributed by atoms with van der Waals surface area (Å²) in [6.45, 7) is 0.472. The minimum atomic E-state index is 0. The SMILES string of the molecule is CO.NCCO.[Cl-].[Cl-].[Mn+2]. The molecule has 0 aliphatic heterocycles. The zero-order valence-corrected chi connectivity index (χ0v) is 7.71. The molecule has 6 heteroatoms. The quantitative estimate of drug-likeness (QED) is 0.384. The molecule has 0 bridgehead atoms. The van der Waals surface area contributed by atoms with Gasteiger partial charge in [-0.05, 0) is 0 Å². The fourth-order valence-electron chi connectivity index (χ4n) is 0. The molecular weight excluding hydrogens is 208 g/mol. The van der Waals surface area contributed by atoms with Crippen LogP contribution in [0.15, 0.2) is 0 Å². The fraction of sp³-hybridized carbons (Fsp3) is 1.00. The van der Waals surface area contributed by atoms with Gasteiger partial charge in [-0.25, -0.2) is 0 Å². The van der Waals surface area contributed by atoms with Gasteiger partial charge in [0.2, 0.25) is 0 Å². The van der Waals surface area contributed by atoms with E-state index in [0.29, 0.717) is 6.54 Å². The van der Waals surface area contributed by atoms with Crippen LogP contribution in [0.3, 0.4) is 0 Å².